The number of aromatic nitrogens is 1. The van der Waals surface area contributed by atoms with E-state index >= 15 is 0 Å². The third kappa shape index (κ3) is 4.59. The number of carbonyl (C=O) groups is 1. The average Bonchev–Trinajstić information content (AvgIpc) is 3.56. The minimum absolute atomic E-state index is 0.103. The molecule has 0 radical (unpaired) electrons. The number of phenols is 1. The molecule has 1 aliphatic carbocycles. The summed E-state index contributed by atoms with van der Waals surface area (Å²) in [6, 6.07) is 6.59. The Labute approximate surface area is 176 Å². The van der Waals surface area contributed by atoms with Crippen molar-refractivity contribution in [3.05, 3.63) is 35.4 Å². The number of hydrogen-bond donors (Lipinski definition) is 5. The highest BCUT2D eigenvalue weighted by Gasteiger charge is 2.25. The van der Waals surface area contributed by atoms with Crippen LogP contribution in [0.25, 0.3) is 11.3 Å². The molecule has 30 heavy (non-hydrogen) atoms. The Kier molecular flexibility index (Phi) is 5.94. The van der Waals surface area contributed by atoms with Crippen LogP contribution in [0.5, 0.6) is 11.5 Å². The molecule has 1 unspecified atom stereocenters. The van der Waals surface area contributed by atoms with Crippen LogP contribution in [0.1, 0.15) is 42.7 Å². The molecule has 0 spiro atoms. The first-order valence-corrected chi connectivity index (χ1v) is 10.5. The van der Waals surface area contributed by atoms with Gasteiger partial charge < -0.3 is 31.9 Å². The second-order valence-corrected chi connectivity index (χ2v) is 8.13. The molecule has 1 saturated carbocycles. The summed E-state index contributed by atoms with van der Waals surface area (Å²) < 4.78 is 6.00. The lowest BCUT2D eigenvalue weighted by Gasteiger charge is -2.26. The van der Waals surface area contributed by atoms with Crippen molar-refractivity contribution >= 4 is 11.8 Å². The number of benzene rings is 1. The average molecular weight is 412 g/mol. The molecule has 2 aliphatic rings. The molecule has 8 heteroatoms. The molecule has 4 rings (SSSR count). The maximum absolute atomic E-state index is 11.3. The quantitative estimate of drug-likeness (QED) is 0.475. The minimum atomic E-state index is -0.609. The number of carbonyl (C=O) groups excluding carboxylic acids is 1. The molecule has 2 fully saturated rings. The van der Waals surface area contributed by atoms with Crippen LogP contribution in [0.3, 0.4) is 0 Å². The number of nitrogens with two attached hydrogens (primary N) is 2. The first-order chi connectivity index (χ1) is 14.5. The second kappa shape index (κ2) is 8.79. The number of anilines is 1. The summed E-state index contributed by atoms with van der Waals surface area (Å²) in [7, 11) is 0. The van der Waals surface area contributed by atoms with E-state index in [0.717, 1.165) is 37.1 Å². The number of urea groups is 1. The highest BCUT2D eigenvalue weighted by atomic mass is 16.5. The molecule has 0 bridgehead atoms. The van der Waals surface area contributed by atoms with Gasteiger partial charge in [-0.15, -0.1) is 0 Å². The van der Waals surface area contributed by atoms with Crippen LogP contribution in [-0.4, -0.2) is 35.8 Å². The number of nitrogen functional groups attached to an aromatic ring is 1. The lowest BCUT2D eigenvalue weighted by atomic mass is 9.87. The normalized spacial score (nSPS) is 18.7. The van der Waals surface area contributed by atoms with Crippen molar-refractivity contribution in [2.24, 2.45) is 11.7 Å². The maximum Gasteiger partial charge on any atom is 0.312 e. The topological polar surface area (TPSA) is 136 Å². The molecule has 1 atom stereocenters. The zero-order valence-corrected chi connectivity index (χ0v) is 17.0. The first kappa shape index (κ1) is 20.3. The molecule has 2 amide bonds. The molecular formula is C22H29N5O3. The lowest BCUT2D eigenvalue weighted by Crippen LogP contribution is -2.32. The van der Waals surface area contributed by atoms with Crippen molar-refractivity contribution in [2.75, 3.05) is 25.4 Å². The summed E-state index contributed by atoms with van der Waals surface area (Å²) in [5.41, 5.74) is 14.5. The highest BCUT2D eigenvalue weighted by molar-refractivity contribution is 5.76. The van der Waals surface area contributed by atoms with Gasteiger partial charge in [-0.05, 0) is 67.8 Å². The Balaban J connectivity index is 1.75. The first-order valence-electron chi connectivity index (χ1n) is 10.5. The van der Waals surface area contributed by atoms with E-state index in [1.165, 1.54) is 12.8 Å². The monoisotopic (exact) mass is 411 g/mol. The maximum atomic E-state index is 11.3. The molecule has 8 nitrogen and oxygen atoms in total. The number of aromatic hydroxyl groups is 1. The minimum Gasteiger partial charge on any atom is -0.507 e. The Bertz CT molecular complexity index is 923. The summed E-state index contributed by atoms with van der Waals surface area (Å²) in [5, 5.41) is 16.7. The Morgan fingerprint density at radius 1 is 1.33 bits per heavy atom. The fourth-order valence-corrected chi connectivity index (χ4v) is 3.98. The van der Waals surface area contributed by atoms with E-state index in [-0.39, 0.29) is 18.2 Å². The van der Waals surface area contributed by atoms with Crippen molar-refractivity contribution in [2.45, 2.75) is 38.1 Å². The zero-order valence-electron chi connectivity index (χ0n) is 17.0. The molecule has 2 aromatic rings. The molecule has 2 heterocycles. The number of amides is 2. The van der Waals surface area contributed by atoms with Gasteiger partial charge in [-0.1, -0.05) is 6.07 Å². The molecule has 1 aromatic heterocycles. The molecule has 1 aromatic carbocycles. The number of piperidine rings is 1. The number of phenolic OH excluding ortho intramolecular Hbond substituents is 1. The number of pyridine rings is 1. The SMILES string of the molecule is NC(=O)NCc1c(C2CCCNC2)cc(-c2c(O)cccc2OCC2CC2)nc1N. The summed E-state index contributed by atoms with van der Waals surface area (Å²) in [6.07, 6.45) is 4.42. The number of primary amides is 1. The van der Waals surface area contributed by atoms with E-state index < -0.39 is 6.03 Å². The van der Waals surface area contributed by atoms with Crippen molar-refractivity contribution in [3.8, 4) is 22.8 Å². The molecule has 160 valence electrons. The van der Waals surface area contributed by atoms with Gasteiger partial charge >= 0.3 is 6.03 Å². The zero-order chi connectivity index (χ0) is 21.1. The number of nitrogens with one attached hydrogen (secondary N) is 2. The van der Waals surface area contributed by atoms with Crippen molar-refractivity contribution in [1.29, 1.82) is 0 Å². The van der Waals surface area contributed by atoms with Crippen molar-refractivity contribution < 1.29 is 14.6 Å². The third-order valence-corrected chi connectivity index (χ3v) is 5.80. The molecule has 1 aliphatic heterocycles. The largest absolute Gasteiger partial charge is 0.507 e. The fourth-order valence-electron chi connectivity index (χ4n) is 3.98. The predicted molar refractivity (Wildman–Crippen MR) is 115 cm³/mol. The third-order valence-electron chi connectivity index (χ3n) is 5.80. The number of hydrogen-bond acceptors (Lipinski definition) is 6. The second-order valence-electron chi connectivity index (χ2n) is 8.13. The van der Waals surface area contributed by atoms with Crippen LogP contribution in [0.2, 0.25) is 0 Å². The van der Waals surface area contributed by atoms with Gasteiger partial charge in [0.1, 0.15) is 17.3 Å². The summed E-state index contributed by atoms with van der Waals surface area (Å²) >= 11 is 0. The van der Waals surface area contributed by atoms with Crippen LogP contribution in [0.15, 0.2) is 24.3 Å². The summed E-state index contributed by atoms with van der Waals surface area (Å²) in [4.78, 5) is 15.8. The van der Waals surface area contributed by atoms with Gasteiger partial charge in [0.15, 0.2) is 0 Å². The van der Waals surface area contributed by atoms with Crippen LogP contribution >= 0.6 is 0 Å². The summed E-state index contributed by atoms with van der Waals surface area (Å²) in [5.74, 6) is 1.84. The van der Waals surface area contributed by atoms with Crippen LogP contribution in [0, 0.1) is 5.92 Å². The van der Waals surface area contributed by atoms with Crippen molar-refractivity contribution in [3.63, 3.8) is 0 Å². The molecule has 7 N–H and O–H groups in total. The van der Waals surface area contributed by atoms with Gasteiger partial charge in [-0.2, -0.15) is 0 Å². The van der Waals surface area contributed by atoms with Gasteiger partial charge in [-0.3, -0.25) is 0 Å². The lowest BCUT2D eigenvalue weighted by molar-refractivity contribution is 0.248. The van der Waals surface area contributed by atoms with Crippen LogP contribution < -0.4 is 26.8 Å². The Morgan fingerprint density at radius 3 is 2.87 bits per heavy atom. The van der Waals surface area contributed by atoms with Gasteiger partial charge in [0.25, 0.3) is 0 Å². The Hall–Kier alpha value is -3.00. The predicted octanol–water partition coefficient (Wildman–Crippen LogP) is 2.46. The van der Waals surface area contributed by atoms with Crippen LogP contribution in [0.4, 0.5) is 10.6 Å². The Morgan fingerprint density at radius 2 is 2.17 bits per heavy atom. The summed E-state index contributed by atoms with van der Waals surface area (Å²) in [6.45, 7) is 2.65. The number of ether oxygens (including phenoxy) is 1. The fraction of sp³-hybridized carbons (Fsp3) is 0.455. The van der Waals surface area contributed by atoms with Gasteiger partial charge in [-0.25, -0.2) is 9.78 Å². The van der Waals surface area contributed by atoms with E-state index in [1.807, 2.05) is 12.1 Å². The van der Waals surface area contributed by atoms with E-state index in [9.17, 15) is 9.90 Å². The van der Waals surface area contributed by atoms with Gasteiger partial charge in [0.05, 0.1) is 17.9 Å². The smallest absolute Gasteiger partial charge is 0.312 e. The van der Waals surface area contributed by atoms with E-state index in [2.05, 4.69) is 15.6 Å². The van der Waals surface area contributed by atoms with E-state index in [0.29, 0.717) is 35.3 Å². The highest BCUT2D eigenvalue weighted by Crippen LogP contribution is 2.41. The molecular weight excluding hydrogens is 382 g/mol. The number of rotatable bonds is 7. The van der Waals surface area contributed by atoms with E-state index in [4.69, 9.17) is 16.2 Å². The molecule has 1 saturated heterocycles. The standard InChI is InChI=1S/C22H29N5O3/c23-21-16(11-26-22(24)29)15(14-3-2-8-25-10-14)9-17(27-21)20-18(28)4-1-5-19(20)30-12-13-6-7-13/h1,4-5,9,13-14,25,28H,2-3,6-8,10-12H2,(H2,23,27)(H3,24,26,29). The van der Waals surface area contributed by atoms with Gasteiger partial charge in [0.2, 0.25) is 0 Å². The van der Waals surface area contributed by atoms with E-state index in [1.54, 1.807) is 12.1 Å². The van der Waals surface area contributed by atoms with Crippen LogP contribution in [-0.2, 0) is 6.54 Å². The van der Waals surface area contributed by atoms with Gasteiger partial charge in [0, 0.05) is 18.7 Å². The number of nitrogens with zero attached hydrogens (tertiary/aromatic N) is 1. The van der Waals surface area contributed by atoms with Crippen molar-refractivity contribution in [1.82, 2.24) is 15.6 Å².